The summed E-state index contributed by atoms with van der Waals surface area (Å²) in [6.45, 7) is 0.808. The first-order valence-electron chi connectivity index (χ1n) is 14.8. The molecule has 5 aromatic carbocycles. The minimum Gasteiger partial charge on any atom is -0.457 e. The van der Waals surface area contributed by atoms with Crippen molar-refractivity contribution in [1.82, 2.24) is 9.88 Å². The maximum Gasteiger partial charge on any atom is 0.131 e. The molecule has 0 amide bonds. The number of para-hydroxylation sites is 2. The smallest absolute Gasteiger partial charge is 0.131 e. The standard InChI is InChI=1S/C39H31N3O3/c1-41-20-21-42(28-41)32-11-9-17-36(26-32)45-35-16-8-10-30(22-35)39-25-29(18-19-40-39)31-23-37(43-33-12-4-2-5-13-33)27-38(24-31)44-34-14-6-3-7-15-34/h2-27H,28H2,1H3. The zero-order valence-corrected chi connectivity index (χ0v) is 24.8. The van der Waals surface area contributed by atoms with E-state index in [4.69, 9.17) is 19.2 Å². The Morgan fingerprint density at radius 1 is 0.489 bits per heavy atom. The summed E-state index contributed by atoms with van der Waals surface area (Å²) >= 11 is 0. The number of hydrogen-bond acceptors (Lipinski definition) is 6. The fourth-order valence-electron chi connectivity index (χ4n) is 5.15. The van der Waals surface area contributed by atoms with E-state index in [1.807, 2.05) is 128 Å². The lowest BCUT2D eigenvalue weighted by Gasteiger charge is -2.19. The third kappa shape index (κ3) is 6.81. The predicted molar refractivity (Wildman–Crippen MR) is 179 cm³/mol. The van der Waals surface area contributed by atoms with Crippen molar-refractivity contribution in [3.8, 4) is 56.9 Å². The van der Waals surface area contributed by atoms with Gasteiger partial charge in [0.25, 0.3) is 0 Å². The van der Waals surface area contributed by atoms with Crippen molar-refractivity contribution in [3.05, 3.63) is 158 Å². The highest BCUT2D eigenvalue weighted by Crippen LogP contribution is 2.36. The molecule has 2 heterocycles. The fourth-order valence-corrected chi connectivity index (χ4v) is 5.15. The minimum atomic E-state index is 0.677. The van der Waals surface area contributed by atoms with Gasteiger partial charge in [0.2, 0.25) is 0 Å². The van der Waals surface area contributed by atoms with Crippen LogP contribution < -0.4 is 19.1 Å². The van der Waals surface area contributed by atoms with Gasteiger partial charge in [-0.05, 0) is 83.9 Å². The van der Waals surface area contributed by atoms with Crippen LogP contribution in [0, 0.1) is 0 Å². The second-order valence-electron chi connectivity index (χ2n) is 10.7. The van der Waals surface area contributed by atoms with Crippen LogP contribution in [0.4, 0.5) is 5.69 Å². The lowest BCUT2D eigenvalue weighted by Crippen LogP contribution is -2.21. The summed E-state index contributed by atoms with van der Waals surface area (Å²) in [5.41, 5.74) is 4.79. The zero-order valence-electron chi connectivity index (χ0n) is 24.8. The predicted octanol–water partition coefficient (Wildman–Crippen LogP) is 9.97. The third-order valence-corrected chi connectivity index (χ3v) is 7.32. The number of ether oxygens (including phenoxy) is 3. The van der Waals surface area contributed by atoms with Crippen LogP contribution in [0.3, 0.4) is 0 Å². The molecule has 6 nitrogen and oxygen atoms in total. The normalized spacial score (nSPS) is 12.3. The quantitative estimate of drug-likeness (QED) is 0.167. The van der Waals surface area contributed by atoms with Crippen molar-refractivity contribution in [2.24, 2.45) is 0 Å². The Balaban J connectivity index is 1.17. The largest absolute Gasteiger partial charge is 0.457 e. The summed E-state index contributed by atoms with van der Waals surface area (Å²) in [5.74, 6) is 4.37. The first kappa shape index (κ1) is 27.8. The molecule has 0 saturated heterocycles. The van der Waals surface area contributed by atoms with Crippen LogP contribution >= 0.6 is 0 Å². The maximum atomic E-state index is 6.30. The minimum absolute atomic E-state index is 0.677. The van der Waals surface area contributed by atoms with Crippen LogP contribution in [0.25, 0.3) is 22.4 Å². The van der Waals surface area contributed by atoms with E-state index >= 15 is 0 Å². The van der Waals surface area contributed by atoms with Crippen LogP contribution in [-0.2, 0) is 0 Å². The maximum absolute atomic E-state index is 6.30. The van der Waals surface area contributed by atoms with Gasteiger partial charge in [-0.3, -0.25) is 4.98 Å². The number of anilines is 1. The Labute approximate surface area is 263 Å². The molecule has 0 radical (unpaired) electrons. The first-order chi connectivity index (χ1) is 22.1. The van der Waals surface area contributed by atoms with E-state index < -0.39 is 0 Å². The molecule has 6 heteroatoms. The molecule has 0 spiro atoms. The summed E-state index contributed by atoms with van der Waals surface area (Å²) in [6, 6.07) is 45.6. The summed E-state index contributed by atoms with van der Waals surface area (Å²) < 4.78 is 18.8. The molecule has 220 valence electrons. The first-order valence-corrected chi connectivity index (χ1v) is 14.8. The van der Waals surface area contributed by atoms with Gasteiger partial charge in [-0.25, -0.2) is 0 Å². The lowest BCUT2D eigenvalue weighted by atomic mass is 10.0. The highest BCUT2D eigenvalue weighted by Gasteiger charge is 2.13. The van der Waals surface area contributed by atoms with E-state index in [1.54, 1.807) is 0 Å². The van der Waals surface area contributed by atoms with Crippen molar-refractivity contribution in [2.45, 2.75) is 0 Å². The molecule has 0 bridgehead atoms. The molecule has 1 aromatic heterocycles. The lowest BCUT2D eigenvalue weighted by molar-refractivity contribution is 0.461. The Hall–Kier alpha value is -6.01. The van der Waals surface area contributed by atoms with Crippen molar-refractivity contribution in [1.29, 1.82) is 0 Å². The van der Waals surface area contributed by atoms with E-state index in [1.165, 1.54) is 0 Å². The molecular weight excluding hydrogens is 558 g/mol. The molecular formula is C39H31N3O3. The van der Waals surface area contributed by atoms with Crippen LogP contribution in [0.2, 0.25) is 0 Å². The van der Waals surface area contributed by atoms with Gasteiger partial charge in [0.1, 0.15) is 34.5 Å². The third-order valence-electron chi connectivity index (χ3n) is 7.32. The average molecular weight is 590 g/mol. The Morgan fingerprint density at radius 3 is 1.76 bits per heavy atom. The van der Waals surface area contributed by atoms with E-state index in [-0.39, 0.29) is 0 Å². The molecule has 0 N–H and O–H groups in total. The zero-order chi connectivity index (χ0) is 30.4. The number of nitrogens with zero attached hydrogens (tertiary/aromatic N) is 3. The molecule has 0 atom stereocenters. The summed E-state index contributed by atoms with van der Waals surface area (Å²) in [7, 11) is 2.05. The molecule has 0 unspecified atom stereocenters. The molecule has 6 aromatic rings. The summed E-state index contributed by atoms with van der Waals surface area (Å²) in [4.78, 5) is 9.00. The van der Waals surface area contributed by atoms with Gasteiger partial charge < -0.3 is 24.0 Å². The molecule has 0 fully saturated rings. The Morgan fingerprint density at radius 2 is 1.09 bits per heavy atom. The van der Waals surface area contributed by atoms with Crippen LogP contribution in [0.5, 0.6) is 34.5 Å². The van der Waals surface area contributed by atoms with Crippen molar-refractivity contribution < 1.29 is 14.2 Å². The van der Waals surface area contributed by atoms with E-state index in [0.717, 1.165) is 57.7 Å². The average Bonchev–Trinajstić information content (AvgIpc) is 3.52. The second kappa shape index (κ2) is 12.7. The van der Waals surface area contributed by atoms with Gasteiger partial charge in [-0.2, -0.15) is 0 Å². The van der Waals surface area contributed by atoms with Gasteiger partial charge in [-0.1, -0.05) is 54.6 Å². The highest BCUT2D eigenvalue weighted by atomic mass is 16.5. The molecule has 7 rings (SSSR count). The highest BCUT2D eigenvalue weighted by molar-refractivity contribution is 5.73. The van der Waals surface area contributed by atoms with Crippen LogP contribution in [-0.4, -0.2) is 23.6 Å². The SMILES string of the molecule is CN1C=CN(c2cccc(Oc3cccc(-c4cc(-c5cc(Oc6ccccc6)cc(Oc6ccccc6)c5)ccn4)c3)c2)C1. The molecule has 1 aliphatic heterocycles. The van der Waals surface area contributed by atoms with Crippen molar-refractivity contribution in [2.75, 3.05) is 18.6 Å². The molecule has 0 aliphatic carbocycles. The topological polar surface area (TPSA) is 47.1 Å². The molecule has 1 aliphatic rings. The Kier molecular flexibility index (Phi) is 7.84. The molecule has 45 heavy (non-hydrogen) atoms. The van der Waals surface area contributed by atoms with Crippen LogP contribution in [0.1, 0.15) is 0 Å². The van der Waals surface area contributed by atoms with E-state index in [9.17, 15) is 0 Å². The monoisotopic (exact) mass is 589 g/mol. The van der Waals surface area contributed by atoms with Gasteiger partial charge in [-0.15, -0.1) is 0 Å². The van der Waals surface area contributed by atoms with Gasteiger partial charge in [0, 0.05) is 49.0 Å². The second-order valence-corrected chi connectivity index (χ2v) is 10.7. The van der Waals surface area contributed by atoms with Gasteiger partial charge in [0.05, 0.1) is 12.4 Å². The molecule has 0 saturated carbocycles. The Bertz CT molecular complexity index is 1880. The van der Waals surface area contributed by atoms with Crippen molar-refractivity contribution >= 4 is 5.69 Å². The summed E-state index contributed by atoms with van der Waals surface area (Å²) in [6.07, 6.45) is 5.95. The fraction of sp³-hybridized carbons (Fsp3) is 0.0513. The van der Waals surface area contributed by atoms with Crippen LogP contribution in [0.15, 0.2) is 158 Å². The number of pyridine rings is 1. The number of hydrogen-bond donors (Lipinski definition) is 0. The number of rotatable bonds is 9. The van der Waals surface area contributed by atoms with E-state index in [2.05, 4.69) is 47.4 Å². The number of aromatic nitrogens is 1. The summed E-state index contributed by atoms with van der Waals surface area (Å²) in [5, 5.41) is 0. The van der Waals surface area contributed by atoms with Gasteiger partial charge >= 0.3 is 0 Å². The van der Waals surface area contributed by atoms with Crippen molar-refractivity contribution in [3.63, 3.8) is 0 Å². The number of benzene rings is 5. The van der Waals surface area contributed by atoms with E-state index in [0.29, 0.717) is 11.5 Å². The van der Waals surface area contributed by atoms with Gasteiger partial charge in [0.15, 0.2) is 0 Å².